The fraction of sp³-hybridized carbons (Fsp3) is 0.435. The van der Waals surface area contributed by atoms with Crippen LogP contribution in [0.15, 0.2) is 41.3 Å². The highest BCUT2D eigenvalue weighted by atomic mass is 79.9. The van der Waals surface area contributed by atoms with E-state index in [0.29, 0.717) is 41.5 Å². The summed E-state index contributed by atoms with van der Waals surface area (Å²) in [5.41, 5.74) is 3.55. The van der Waals surface area contributed by atoms with Gasteiger partial charge in [-0.1, -0.05) is 24.3 Å². The van der Waals surface area contributed by atoms with E-state index in [1.807, 2.05) is 6.92 Å². The minimum atomic E-state index is -0.593. The molecule has 2 aliphatic rings. The number of benzene rings is 1. The maximum atomic E-state index is 13.2. The Morgan fingerprint density at radius 3 is 2.81 bits per heavy atom. The average molecular weight is 500 g/mol. The van der Waals surface area contributed by atoms with Crippen molar-refractivity contribution in [3.63, 3.8) is 0 Å². The van der Waals surface area contributed by atoms with Crippen molar-refractivity contribution in [3.8, 4) is 5.88 Å². The molecule has 2 aliphatic heterocycles. The molecule has 2 aromatic heterocycles. The number of hydrogen-bond acceptors (Lipinski definition) is 6. The lowest BCUT2D eigenvalue weighted by Gasteiger charge is -2.43. The molecule has 2 atom stereocenters. The Balaban J connectivity index is 1.29. The number of carbonyl (C=O) groups excluding carboxylic acids is 1. The highest BCUT2D eigenvalue weighted by molar-refractivity contribution is 9.10. The molecule has 0 bridgehead atoms. The van der Waals surface area contributed by atoms with Gasteiger partial charge in [-0.05, 0) is 46.8 Å². The molecule has 1 aromatic carbocycles. The predicted molar refractivity (Wildman–Crippen MR) is 123 cm³/mol. The predicted octanol–water partition coefficient (Wildman–Crippen LogP) is 2.52. The van der Waals surface area contributed by atoms with Gasteiger partial charge in [-0.25, -0.2) is 9.97 Å². The minimum absolute atomic E-state index is 0.0539. The first kappa shape index (κ1) is 21.4. The van der Waals surface area contributed by atoms with Gasteiger partial charge in [0.2, 0.25) is 5.65 Å². The molecule has 9 heteroatoms. The van der Waals surface area contributed by atoms with Crippen LogP contribution in [0, 0.1) is 0 Å². The molecule has 4 heterocycles. The van der Waals surface area contributed by atoms with Gasteiger partial charge in [-0.2, -0.15) is 0 Å². The number of hydrogen-bond donors (Lipinski definition) is 1. The Bertz CT molecular complexity index is 1150. The summed E-state index contributed by atoms with van der Waals surface area (Å²) >= 11 is 3.37. The minimum Gasteiger partial charge on any atom is -0.475 e. The molecular formula is C23H26BrN5O3. The van der Waals surface area contributed by atoms with E-state index in [-0.39, 0.29) is 11.9 Å². The second-order valence-electron chi connectivity index (χ2n) is 8.32. The van der Waals surface area contributed by atoms with E-state index in [4.69, 9.17) is 4.74 Å². The maximum Gasteiger partial charge on any atom is 0.274 e. The smallest absolute Gasteiger partial charge is 0.274 e. The van der Waals surface area contributed by atoms with E-state index in [2.05, 4.69) is 55.1 Å². The Morgan fingerprint density at radius 1 is 1.22 bits per heavy atom. The van der Waals surface area contributed by atoms with Gasteiger partial charge >= 0.3 is 0 Å². The molecule has 168 valence electrons. The first-order chi connectivity index (χ1) is 15.5. The molecule has 0 radical (unpaired) electrons. The van der Waals surface area contributed by atoms with Crippen LogP contribution in [0.25, 0.3) is 5.65 Å². The van der Waals surface area contributed by atoms with Gasteiger partial charge in [-0.3, -0.25) is 14.1 Å². The van der Waals surface area contributed by atoms with E-state index in [0.717, 1.165) is 25.9 Å². The fourth-order valence-electron chi connectivity index (χ4n) is 4.77. The average Bonchev–Trinajstić information content (AvgIpc) is 3.22. The number of ether oxygens (including phenoxy) is 1. The number of amides is 1. The van der Waals surface area contributed by atoms with Crippen molar-refractivity contribution < 1.29 is 14.6 Å². The zero-order valence-corrected chi connectivity index (χ0v) is 19.5. The normalized spacial score (nSPS) is 21.5. The van der Waals surface area contributed by atoms with Crippen LogP contribution in [-0.2, 0) is 13.0 Å². The van der Waals surface area contributed by atoms with E-state index in [1.165, 1.54) is 11.1 Å². The van der Waals surface area contributed by atoms with Crippen molar-refractivity contribution in [2.75, 3.05) is 26.2 Å². The Hall–Kier alpha value is -2.49. The van der Waals surface area contributed by atoms with Crippen molar-refractivity contribution in [2.45, 2.75) is 38.5 Å². The summed E-state index contributed by atoms with van der Waals surface area (Å²) < 4.78 is 7.91. The lowest BCUT2D eigenvalue weighted by molar-refractivity contribution is -0.0139. The molecule has 0 aliphatic carbocycles. The van der Waals surface area contributed by atoms with Gasteiger partial charge in [0.15, 0.2) is 0 Å². The van der Waals surface area contributed by atoms with Crippen LogP contribution in [0.5, 0.6) is 5.88 Å². The summed E-state index contributed by atoms with van der Waals surface area (Å²) in [6, 6.07) is 8.56. The largest absolute Gasteiger partial charge is 0.475 e. The summed E-state index contributed by atoms with van der Waals surface area (Å²) in [6.45, 7) is 5.00. The summed E-state index contributed by atoms with van der Waals surface area (Å²) in [5.74, 6) is 0.193. The van der Waals surface area contributed by atoms with Crippen molar-refractivity contribution >= 4 is 27.5 Å². The van der Waals surface area contributed by atoms with Gasteiger partial charge < -0.3 is 14.7 Å². The number of imidazole rings is 1. The number of β-amino-alcohol motifs (C(OH)–C–C–N with tert-alkyl or cyclic N) is 1. The molecule has 0 spiro atoms. The quantitative estimate of drug-likeness (QED) is 0.593. The first-order valence-electron chi connectivity index (χ1n) is 11.0. The third-order valence-corrected chi connectivity index (χ3v) is 6.72. The van der Waals surface area contributed by atoms with Gasteiger partial charge in [0, 0.05) is 44.6 Å². The zero-order chi connectivity index (χ0) is 22.2. The number of fused-ring (bicyclic) bond motifs is 2. The second kappa shape index (κ2) is 8.80. The lowest BCUT2D eigenvalue weighted by atomic mass is 9.94. The van der Waals surface area contributed by atoms with Crippen LogP contribution in [0.4, 0.5) is 0 Å². The van der Waals surface area contributed by atoms with Crippen LogP contribution in [0.3, 0.4) is 0 Å². The van der Waals surface area contributed by atoms with E-state index >= 15 is 0 Å². The molecule has 5 rings (SSSR count). The third kappa shape index (κ3) is 4.00. The number of carbonyl (C=O) groups is 1. The second-order valence-corrected chi connectivity index (χ2v) is 9.14. The number of halogens is 1. The van der Waals surface area contributed by atoms with Crippen LogP contribution >= 0.6 is 15.9 Å². The fourth-order valence-corrected chi connectivity index (χ4v) is 5.15. The molecule has 1 fully saturated rings. The lowest BCUT2D eigenvalue weighted by Crippen LogP contribution is -2.56. The number of piperidine rings is 1. The summed E-state index contributed by atoms with van der Waals surface area (Å²) in [7, 11) is 0. The van der Waals surface area contributed by atoms with Gasteiger partial charge in [0.05, 0.1) is 12.7 Å². The SMILES string of the molecule is CCOc1nc(Br)cn2cc(C(=O)N3CC[C@H](N4CCc5ccccc5C4)[C@@H](O)C3)nc12. The Kier molecular flexibility index (Phi) is 5.88. The molecule has 0 unspecified atom stereocenters. The Morgan fingerprint density at radius 2 is 2.03 bits per heavy atom. The number of aliphatic hydroxyl groups is 1. The van der Waals surface area contributed by atoms with Crippen molar-refractivity contribution in [2.24, 2.45) is 0 Å². The Labute approximate surface area is 195 Å². The molecule has 32 heavy (non-hydrogen) atoms. The molecule has 1 saturated heterocycles. The highest BCUT2D eigenvalue weighted by Crippen LogP contribution is 2.26. The number of rotatable bonds is 4. The van der Waals surface area contributed by atoms with Crippen LogP contribution in [0.2, 0.25) is 0 Å². The molecule has 8 nitrogen and oxygen atoms in total. The third-order valence-electron chi connectivity index (χ3n) is 6.34. The van der Waals surface area contributed by atoms with Crippen molar-refractivity contribution in [3.05, 3.63) is 58.1 Å². The van der Waals surface area contributed by atoms with E-state index in [9.17, 15) is 9.90 Å². The van der Waals surface area contributed by atoms with Crippen molar-refractivity contribution in [1.82, 2.24) is 24.2 Å². The maximum absolute atomic E-state index is 13.2. The van der Waals surface area contributed by atoms with Gasteiger partial charge in [0.1, 0.15) is 10.3 Å². The van der Waals surface area contributed by atoms with E-state index in [1.54, 1.807) is 21.7 Å². The zero-order valence-electron chi connectivity index (χ0n) is 17.9. The summed E-state index contributed by atoms with van der Waals surface area (Å²) in [4.78, 5) is 26.0. The first-order valence-corrected chi connectivity index (χ1v) is 11.8. The van der Waals surface area contributed by atoms with Crippen molar-refractivity contribution in [1.29, 1.82) is 0 Å². The van der Waals surface area contributed by atoms with E-state index < -0.39 is 6.10 Å². The highest BCUT2D eigenvalue weighted by Gasteiger charge is 2.36. The number of aliphatic hydroxyl groups excluding tert-OH is 1. The monoisotopic (exact) mass is 499 g/mol. The molecular weight excluding hydrogens is 474 g/mol. The number of aromatic nitrogens is 3. The standard InChI is InChI=1S/C23H26BrN5O3/c1-2-32-22-21-25-17(12-29(21)14-20(24)26-22)23(31)28-10-8-18(19(30)13-28)27-9-7-15-5-3-4-6-16(15)11-27/h3-6,12,14,18-19,30H,2,7-11,13H2,1H3/t18-,19-/m0/s1. The molecule has 0 saturated carbocycles. The topological polar surface area (TPSA) is 83.2 Å². The number of nitrogens with zero attached hydrogens (tertiary/aromatic N) is 5. The van der Waals surface area contributed by atoms with Gasteiger partial charge in [0.25, 0.3) is 11.8 Å². The van der Waals surface area contributed by atoms with Crippen LogP contribution in [0.1, 0.15) is 35.0 Å². The van der Waals surface area contributed by atoms with Crippen LogP contribution < -0.4 is 4.74 Å². The molecule has 1 N–H and O–H groups in total. The van der Waals surface area contributed by atoms with Gasteiger partial charge in [-0.15, -0.1) is 0 Å². The number of likely N-dealkylation sites (tertiary alicyclic amines) is 1. The molecule has 3 aromatic rings. The summed E-state index contributed by atoms with van der Waals surface area (Å²) in [6.07, 6.45) is 4.57. The summed E-state index contributed by atoms with van der Waals surface area (Å²) in [5, 5.41) is 10.9. The molecule has 1 amide bonds. The van der Waals surface area contributed by atoms with Crippen LogP contribution in [-0.4, -0.2) is 73.6 Å².